The second-order valence-electron chi connectivity index (χ2n) is 7.80. The van der Waals surface area contributed by atoms with Crippen LogP contribution in [-0.4, -0.2) is 60.6 Å². The van der Waals surface area contributed by atoms with Gasteiger partial charge in [0.1, 0.15) is 17.6 Å². The average Bonchev–Trinajstić information content (AvgIpc) is 3.19. The number of anilines is 2. The molecule has 0 spiro atoms. The fourth-order valence-corrected chi connectivity index (χ4v) is 4.08. The highest BCUT2D eigenvalue weighted by molar-refractivity contribution is 6.04. The summed E-state index contributed by atoms with van der Waals surface area (Å²) in [5, 5.41) is 6.30. The summed E-state index contributed by atoms with van der Waals surface area (Å²) in [5.74, 6) is 0.0992. The molecule has 1 aromatic carbocycles. The number of amides is 1. The molecule has 1 unspecified atom stereocenters. The van der Waals surface area contributed by atoms with Gasteiger partial charge < -0.3 is 24.7 Å². The van der Waals surface area contributed by atoms with Crippen LogP contribution in [0.5, 0.6) is 5.75 Å². The standard InChI is InChI=1S/C23H24N6O4/c1-32-15-5-6-19-20(13-15)33-23(31)29(19)21-4-2-3-16(26-21)22(30)27-17-14-25-8-7-18(17)28-11-9-24-10-12-28/h2,4-8,13-14,16,24H,3,9-12H2,1H3,(H,27,30). The number of nitrogens with one attached hydrogen (secondary N) is 2. The molecule has 0 saturated carbocycles. The van der Waals surface area contributed by atoms with Crippen molar-refractivity contribution in [1.29, 1.82) is 0 Å². The molecule has 0 radical (unpaired) electrons. The van der Waals surface area contributed by atoms with Gasteiger partial charge >= 0.3 is 5.76 Å². The summed E-state index contributed by atoms with van der Waals surface area (Å²) in [5.41, 5.74) is 2.52. The minimum atomic E-state index is -0.684. The van der Waals surface area contributed by atoms with Gasteiger partial charge in [0.2, 0.25) is 5.91 Å². The first kappa shape index (κ1) is 21.0. The summed E-state index contributed by atoms with van der Waals surface area (Å²) in [6, 6.07) is 6.34. The summed E-state index contributed by atoms with van der Waals surface area (Å²) in [6.07, 6.45) is 7.36. The zero-order valence-electron chi connectivity index (χ0n) is 18.2. The van der Waals surface area contributed by atoms with Gasteiger partial charge in [-0.2, -0.15) is 0 Å². The first-order valence-corrected chi connectivity index (χ1v) is 10.8. The van der Waals surface area contributed by atoms with E-state index in [0.29, 0.717) is 34.8 Å². The number of piperazine rings is 1. The lowest BCUT2D eigenvalue weighted by Gasteiger charge is -2.31. The molecule has 2 aromatic heterocycles. The van der Waals surface area contributed by atoms with Gasteiger partial charge in [-0.3, -0.25) is 14.8 Å². The Morgan fingerprint density at radius 3 is 2.94 bits per heavy atom. The summed E-state index contributed by atoms with van der Waals surface area (Å²) < 4.78 is 11.9. The molecule has 1 fully saturated rings. The Hall–Kier alpha value is -3.92. The van der Waals surface area contributed by atoms with Gasteiger partial charge in [0.15, 0.2) is 5.58 Å². The van der Waals surface area contributed by atoms with Crippen molar-refractivity contribution in [3.8, 4) is 5.75 Å². The summed E-state index contributed by atoms with van der Waals surface area (Å²) in [6.45, 7) is 3.47. The number of hydrogen-bond donors (Lipinski definition) is 2. The number of pyridine rings is 1. The van der Waals surface area contributed by atoms with E-state index in [1.165, 1.54) is 4.57 Å². The second-order valence-corrected chi connectivity index (χ2v) is 7.80. The summed E-state index contributed by atoms with van der Waals surface area (Å²) in [7, 11) is 1.54. The second kappa shape index (κ2) is 8.91. The van der Waals surface area contributed by atoms with E-state index in [0.717, 1.165) is 31.9 Å². The first-order valence-electron chi connectivity index (χ1n) is 10.8. The van der Waals surface area contributed by atoms with Gasteiger partial charge in [0.05, 0.1) is 30.2 Å². The predicted molar refractivity (Wildman–Crippen MR) is 125 cm³/mol. The maximum absolute atomic E-state index is 13.1. The van der Waals surface area contributed by atoms with Crippen molar-refractivity contribution < 1.29 is 13.9 Å². The van der Waals surface area contributed by atoms with Crippen LogP contribution in [0.3, 0.4) is 0 Å². The molecule has 0 bridgehead atoms. The Morgan fingerprint density at radius 2 is 2.12 bits per heavy atom. The van der Waals surface area contributed by atoms with Gasteiger partial charge in [-0.1, -0.05) is 6.08 Å². The number of allylic oxidation sites excluding steroid dienone is 1. The van der Waals surface area contributed by atoms with Crippen molar-refractivity contribution in [2.75, 3.05) is 43.5 Å². The van der Waals surface area contributed by atoms with Crippen molar-refractivity contribution >= 4 is 34.2 Å². The first-order chi connectivity index (χ1) is 16.1. The van der Waals surface area contributed by atoms with Crippen molar-refractivity contribution in [3.63, 3.8) is 0 Å². The number of benzene rings is 1. The number of aromatic nitrogens is 2. The Kier molecular flexibility index (Phi) is 5.66. The molecular weight excluding hydrogens is 424 g/mol. The van der Waals surface area contributed by atoms with Crippen LogP contribution in [0, 0.1) is 0 Å². The largest absolute Gasteiger partial charge is 0.497 e. The molecule has 33 heavy (non-hydrogen) atoms. The van der Waals surface area contributed by atoms with Crippen LogP contribution in [-0.2, 0) is 4.79 Å². The SMILES string of the molecule is COc1ccc2c(c1)oc(=O)n2C1=NC(C(=O)Nc2cnccc2N2CCNCC2)CC=C1. The Balaban J connectivity index is 1.41. The molecule has 0 aliphatic carbocycles. The normalized spacial score (nSPS) is 18.3. The number of methoxy groups -OCH3 is 1. The molecule has 170 valence electrons. The van der Waals surface area contributed by atoms with Gasteiger partial charge in [0, 0.05) is 38.4 Å². The molecule has 10 heteroatoms. The molecule has 3 aromatic rings. The van der Waals surface area contributed by atoms with Crippen molar-refractivity contribution in [3.05, 3.63) is 59.4 Å². The smallest absolute Gasteiger partial charge is 0.425 e. The number of oxazole rings is 1. The lowest BCUT2D eigenvalue weighted by atomic mass is 10.1. The topological polar surface area (TPSA) is 114 Å². The third-order valence-corrected chi connectivity index (χ3v) is 5.75. The molecule has 4 heterocycles. The Bertz CT molecular complexity index is 1300. The highest BCUT2D eigenvalue weighted by Gasteiger charge is 2.24. The van der Waals surface area contributed by atoms with Crippen molar-refractivity contribution in [2.45, 2.75) is 12.5 Å². The van der Waals surface area contributed by atoms with E-state index < -0.39 is 11.8 Å². The monoisotopic (exact) mass is 448 g/mol. The number of rotatable bonds is 4. The quantitative estimate of drug-likeness (QED) is 0.623. The number of hydrogen-bond acceptors (Lipinski definition) is 8. The molecule has 2 aliphatic rings. The zero-order valence-corrected chi connectivity index (χ0v) is 18.2. The van der Waals surface area contributed by atoms with Crippen LogP contribution in [0.15, 0.2) is 63.0 Å². The van der Waals surface area contributed by atoms with Crippen LogP contribution >= 0.6 is 0 Å². The Labute approximate surface area is 189 Å². The lowest BCUT2D eigenvalue weighted by molar-refractivity contribution is -0.117. The minimum Gasteiger partial charge on any atom is -0.497 e. The van der Waals surface area contributed by atoms with E-state index in [1.54, 1.807) is 43.8 Å². The van der Waals surface area contributed by atoms with E-state index in [4.69, 9.17) is 9.15 Å². The van der Waals surface area contributed by atoms with Gasteiger partial charge in [-0.05, 0) is 30.7 Å². The lowest BCUT2D eigenvalue weighted by Crippen LogP contribution is -2.44. The van der Waals surface area contributed by atoms with Crippen LogP contribution in [0.4, 0.5) is 11.4 Å². The van der Waals surface area contributed by atoms with Gasteiger partial charge in [0.25, 0.3) is 0 Å². The van der Waals surface area contributed by atoms with Crippen LogP contribution < -0.4 is 26.0 Å². The molecule has 2 N–H and O–H groups in total. The number of nitrogens with zero attached hydrogens (tertiary/aromatic N) is 4. The minimum absolute atomic E-state index is 0.260. The van der Waals surface area contributed by atoms with Crippen LogP contribution in [0.25, 0.3) is 11.1 Å². The van der Waals surface area contributed by atoms with Crippen LogP contribution in [0.1, 0.15) is 6.42 Å². The summed E-state index contributed by atoms with van der Waals surface area (Å²) >= 11 is 0. The molecule has 10 nitrogen and oxygen atoms in total. The highest BCUT2D eigenvalue weighted by Crippen LogP contribution is 2.26. The number of aliphatic imine (C=N–C) groups is 1. The molecular formula is C23H24N6O4. The van der Waals surface area contributed by atoms with E-state index >= 15 is 0 Å². The number of carbonyl (C=O) groups excluding carboxylic acids is 1. The number of carbonyl (C=O) groups is 1. The third kappa shape index (κ3) is 4.12. The van der Waals surface area contributed by atoms with E-state index in [-0.39, 0.29) is 5.91 Å². The molecule has 1 atom stereocenters. The third-order valence-electron chi connectivity index (χ3n) is 5.75. The maximum Gasteiger partial charge on any atom is 0.425 e. The van der Waals surface area contributed by atoms with Crippen molar-refractivity contribution in [1.82, 2.24) is 14.9 Å². The Morgan fingerprint density at radius 1 is 1.27 bits per heavy atom. The highest BCUT2D eigenvalue weighted by atomic mass is 16.5. The molecule has 2 aliphatic heterocycles. The fourth-order valence-electron chi connectivity index (χ4n) is 4.08. The maximum atomic E-state index is 13.1. The predicted octanol–water partition coefficient (Wildman–Crippen LogP) is 1.62. The number of ether oxygens (including phenoxy) is 1. The molecule has 1 saturated heterocycles. The van der Waals surface area contributed by atoms with E-state index in [1.807, 2.05) is 12.1 Å². The van der Waals surface area contributed by atoms with E-state index in [2.05, 4.69) is 25.5 Å². The fraction of sp³-hybridized carbons (Fsp3) is 0.304. The number of fused-ring (bicyclic) bond motifs is 1. The average molecular weight is 448 g/mol. The molecule has 5 rings (SSSR count). The van der Waals surface area contributed by atoms with Gasteiger partial charge in [-0.15, -0.1) is 0 Å². The van der Waals surface area contributed by atoms with Crippen molar-refractivity contribution in [2.24, 2.45) is 4.99 Å². The molecule has 1 amide bonds. The van der Waals surface area contributed by atoms with E-state index in [9.17, 15) is 9.59 Å². The zero-order chi connectivity index (χ0) is 22.8. The van der Waals surface area contributed by atoms with Crippen LogP contribution in [0.2, 0.25) is 0 Å². The summed E-state index contributed by atoms with van der Waals surface area (Å²) in [4.78, 5) is 36.6. The van der Waals surface area contributed by atoms with Gasteiger partial charge in [-0.25, -0.2) is 9.36 Å². The number of dihydropyridines is 1.